The van der Waals surface area contributed by atoms with E-state index in [0.29, 0.717) is 5.75 Å². The van der Waals surface area contributed by atoms with Crippen molar-refractivity contribution in [2.75, 3.05) is 31.9 Å². The summed E-state index contributed by atoms with van der Waals surface area (Å²) in [5.74, 6) is 0.805. The maximum atomic E-state index is 12.2. The Hall–Kier alpha value is -1.00. The van der Waals surface area contributed by atoms with Gasteiger partial charge in [0.25, 0.3) is 0 Å². The van der Waals surface area contributed by atoms with Crippen LogP contribution in [0.3, 0.4) is 0 Å². The summed E-state index contributed by atoms with van der Waals surface area (Å²) in [4.78, 5) is 15.4. The summed E-state index contributed by atoms with van der Waals surface area (Å²) in [5, 5.41) is 3.32. The third kappa shape index (κ3) is 4.25. The fraction of sp³-hybridized carbons (Fsp3) is 0.533. The van der Waals surface area contributed by atoms with Gasteiger partial charge in [0, 0.05) is 24.5 Å². The number of nitrogens with one attached hydrogen (secondary N) is 1. The first-order valence-corrected chi connectivity index (χ1v) is 7.84. The zero-order valence-corrected chi connectivity index (χ0v) is 12.6. The lowest BCUT2D eigenvalue weighted by molar-refractivity contribution is -0.128. The number of hydrogen-bond acceptors (Lipinski definition) is 3. The van der Waals surface area contributed by atoms with Crippen LogP contribution >= 0.6 is 11.8 Å². The molecule has 0 aromatic heterocycles. The molecule has 104 valence electrons. The van der Waals surface area contributed by atoms with Gasteiger partial charge in [-0.15, -0.1) is 11.8 Å². The highest BCUT2D eigenvalue weighted by atomic mass is 32.2. The Bertz CT molecular complexity index is 440. The number of nitrogens with zero attached hydrogens (tertiary/aromatic N) is 1. The van der Waals surface area contributed by atoms with Crippen molar-refractivity contribution in [1.82, 2.24) is 10.2 Å². The van der Waals surface area contributed by atoms with Gasteiger partial charge in [0.15, 0.2) is 0 Å². The quantitative estimate of drug-likeness (QED) is 0.861. The molecule has 1 aromatic carbocycles. The second-order valence-electron chi connectivity index (χ2n) is 5.04. The van der Waals surface area contributed by atoms with Crippen LogP contribution in [0.1, 0.15) is 17.5 Å². The highest BCUT2D eigenvalue weighted by Crippen LogP contribution is 2.23. The molecule has 2 rings (SSSR count). The van der Waals surface area contributed by atoms with Crippen LogP contribution in [0.5, 0.6) is 0 Å². The topological polar surface area (TPSA) is 32.3 Å². The highest BCUT2D eigenvalue weighted by molar-refractivity contribution is 8.00. The third-order valence-electron chi connectivity index (χ3n) is 3.39. The molecular formula is C15H22N2OS. The highest BCUT2D eigenvalue weighted by Gasteiger charge is 2.15. The van der Waals surface area contributed by atoms with Gasteiger partial charge in [-0.2, -0.15) is 0 Å². The lowest BCUT2D eigenvalue weighted by atomic mass is 10.2. The second-order valence-corrected chi connectivity index (χ2v) is 6.06. The molecule has 1 saturated heterocycles. The van der Waals surface area contributed by atoms with Crippen molar-refractivity contribution in [3.05, 3.63) is 29.3 Å². The number of amides is 1. The summed E-state index contributed by atoms with van der Waals surface area (Å²) in [6.07, 6.45) is 1.06. The van der Waals surface area contributed by atoms with E-state index in [1.165, 1.54) is 16.0 Å². The predicted octanol–water partition coefficient (Wildman–Crippen LogP) is 2.22. The monoisotopic (exact) mass is 278 g/mol. The van der Waals surface area contributed by atoms with E-state index in [9.17, 15) is 4.79 Å². The molecular weight excluding hydrogens is 256 g/mol. The van der Waals surface area contributed by atoms with Gasteiger partial charge in [-0.25, -0.2) is 0 Å². The first kappa shape index (κ1) is 14.4. The summed E-state index contributed by atoms with van der Waals surface area (Å²) in [7, 11) is 0. The minimum atomic E-state index is 0.259. The van der Waals surface area contributed by atoms with Gasteiger partial charge in [-0.05, 0) is 38.4 Å². The Morgan fingerprint density at radius 2 is 2.16 bits per heavy atom. The van der Waals surface area contributed by atoms with Gasteiger partial charge in [0.1, 0.15) is 0 Å². The Kier molecular flexibility index (Phi) is 5.28. The van der Waals surface area contributed by atoms with Gasteiger partial charge in [-0.1, -0.05) is 17.7 Å². The van der Waals surface area contributed by atoms with Crippen LogP contribution in [0, 0.1) is 13.8 Å². The lowest BCUT2D eigenvalue weighted by Gasteiger charge is -2.19. The summed E-state index contributed by atoms with van der Waals surface area (Å²) < 4.78 is 0. The Labute approximate surface area is 119 Å². The first-order valence-electron chi connectivity index (χ1n) is 6.85. The molecule has 1 aromatic rings. The molecule has 1 aliphatic heterocycles. The van der Waals surface area contributed by atoms with Crippen LogP contribution in [-0.2, 0) is 4.79 Å². The Morgan fingerprint density at radius 3 is 3.00 bits per heavy atom. The van der Waals surface area contributed by atoms with E-state index in [-0.39, 0.29) is 5.91 Å². The van der Waals surface area contributed by atoms with E-state index in [2.05, 4.69) is 37.4 Å². The normalized spacial score (nSPS) is 16.2. The molecule has 0 saturated carbocycles. The summed E-state index contributed by atoms with van der Waals surface area (Å²) in [6.45, 7) is 7.85. The van der Waals surface area contributed by atoms with Gasteiger partial charge in [0.05, 0.1) is 5.75 Å². The molecule has 0 spiro atoms. The maximum Gasteiger partial charge on any atom is 0.232 e. The van der Waals surface area contributed by atoms with E-state index in [1.807, 2.05) is 4.90 Å². The lowest BCUT2D eigenvalue weighted by Crippen LogP contribution is -2.35. The van der Waals surface area contributed by atoms with E-state index in [4.69, 9.17) is 0 Å². The minimum Gasteiger partial charge on any atom is -0.341 e. The van der Waals surface area contributed by atoms with Crippen LogP contribution in [0.25, 0.3) is 0 Å². The first-order chi connectivity index (χ1) is 9.16. The van der Waals surface area contributed by atoms with E-state index in [1.54, 1.807) is 11.8 Å². The summed E-state index contributed by atoms with van der Waals surface area (Å²) in [5.41, 5.74) is 2.50. The van der Waals surface area contributed by atoms with Crippen molar-refractivity contribution in [3.63, 3.8) is 0 Å². The molecule has 0 atom stereocenters. The fourth-order valence-corrected chi connectivity index (χ4v) is 3.22. The van der Waals surface area contributed by atoms with Gasteiger partial charge in [0.2, 0.25) is 5.91 Å². The zero-order valence-electron chi connectivity index (χ0n) is 11.7. The molecule has 0 bridgehead atoms. The predicted molar refractivity (Wildman–Crippen MR) is 80.7 cm³/mol. The van der Waals surface area contributed by atoms with Gasteiger partial charge >= 0.3 is 0 Å². The molecule has 1 fully saturated rings. The van der Waals surface area contributed by atoms with Gasteiger partial charge in [-0.3, -0.25) is 4.79 Å². The summed E-state index contributed by atoms with van der Waals surface area (Å²) in [6, 6.07) is 6.40. The van der Waals surface area contributed by atoms with E-state index < -0.39 is 0 Å². The van der Waals surface area contributed by atoms with Crippen molar-refractivity contribution in [2.45, 2.75) is 25.2 Å². The molecule has 3 nitrogen and oxygen atoms in total. The SMILES string of the molecule is Cc1ccc(C)c(SCC(=O)N2CCCNCC2)c1. The van der Waals surface area contributed by atoms with Crippen molar-refractivity contribution in [2.24, 2.45) is 0 Å². The Morgan fingerprint density at radius 1 is 1.32 bits per heavy atom. The molecule has 4 heteroatoms. The number of carbonyl (C=O) groups is 1. The smallest absolute Gasteiger partial charge is 0.232 e. The number of thioether (sulfide) groups is 1. The van der Waals surface area contributed by atoms with Crippen LogP contribution < -0.4 is 5.32 Å². The molecule has 0 aliphatic carbocycles. The molecule has 19 heavy (non-hydrogen) atoms. The molecule has 0 radical (unpaired) electrons. The van der Waals surface area contributed by atoms with E-state index >= 15 is 0 Å². The second kappa shape index (κ2) is 6.96. The number of rotatable bonds is 3. The standard InChI is InChI=1S/C15H22N2OS/c1-12-4-5-13(2)14(10-12)19-11-15(18)17-8-3-6-16-7-9-17/h4-5,10,16H,3,6-9,11H2,1-2H3. The number of benzene rings is 1. The average molecular weight is 278 g/mol. The number of carbonyl (C=O) groups excluding carboxylic acids is 1. The number of aryl methyl sites for hydroxylation is 2. The summed E-state index contributed by atoms with van der Waals surface area (Å²) >= 11 is 1.66. The average Bonchev–Trinajstić information content (AvgIpc) is 2.68. The molecule has 0 unspecified atom stereocenters. The van der Waals surface area contributed by atoms with Crippen molar-refractivity contribution < 1.29 is 4.79 Å². The van der Waals surface area contributed by atoms with Crippen LogP contribution in [0.4, 0.5) is 0 Å². The van der Waals surface area contributed by atoms with Crippen molar-refractivity contribution >= 4 is 17.7 Å². The molecule has 1 heterocycles. The molecule has 1 aliphatic rings. The molecule has 1 amide bonds. The van der Waals surface area contributed by atoms with Crippen molar-refractivity contribution in [1.29, 1.82) is 0 Å². The minimum absolute atomic E-state index is 0.259. The Balaban J connectivity index is 1.90. The van der Waals surface area contributed by atoms with Crippen LogP contribution in [0.2, 0.25) is 0 Å². The molecule has 1 N–H and O–H groups in total. The van der Waals surface area contributed by atoms with Gasteiger partial charge < -0.3 is 10.2 Å². The fourth-order valence-electron chi connectivity index (χ4n) is 2.19. The van der Waals surface area contributed by atoms with E-state index in [0.717, 1.165) is 32.6 Å². The van der Waals surface area contributed by atoms with Crippen LogP contribution in [-0.4, -0.2) is 42.7 Å². The number of hydrogen-bond donors (Lipinski definition) is 1. The third-order valence-corrected chi connectivity index (χ3v) is 4.53. The van der Waals surface area contributed by atoms with Crippen molar-refractivity contribution in [3.8, 4) is 0 Å². The van der Waals surface area contributed by atoms with Crippen LogP contribution in [0.15, 0.2) is 23.1 Å². The maximum absolute atomic E-state index is 12.2. The largest absolute Gasteiger partial charge is 0.341 e. The zero-order chi connectivity index (χ0) is 13.7.